The van der Waals surface area contributed by atoms with E-state index in [1.165, 1.54) is 12.1 Å². The van der Waals surface area contributed by atoms with Crippen LogP contribution in [-0.4, -0.2) is 33.8 Å². The van der Waals surface area contributed by atoms with E-state index in [2.05, 4.69) is 0 Å². The van der Waals surface area contributed by atoms with Crippen molar-refractivity contribution in [2.24, 2.45) is 0 Å². The van der Waals surface area contributed by atoms with Crippen LogP contribution in [0.1, 0.15) is 11.1 Å². The molecule has 4 rings (SSSR count). The van der Waals surface area contributed by atoms with E-state index in [1.54, 1.807) is 12.1 Å². The summed E-state index contributed by atoms with van der Waals surface area (Å²) in [5, 5.41) is 0. The lowest BCUT2D eigenvalue weighted by molar-refractivity contribution is 0.407. The number of hydrogen-bond acceptors (Lipinski definition) is 8. The predicted octanol–water partition coefficient (Wildman–Crippen LogP) is 0.731. The lowest BCUT2D eigenvalue weighted by atomic mass is 10.1. The minimum atomic E-state index is -3.98. The first-order chi connectivity index (χ1) is 12.8. The summed E-state index contributed by atoms with van der Waals surface area (Å²) in [4.78, 5) is -0.158. The number of sulfone groups is 1. The van der Waals surface area contributed by atoms with Crippen LogP contribution in [0.5, 0.6) is 0 Å². The summed E-state index contributed by atoms with van der Waals surface area (Å²) in [5.74, 6) is 0. The van der Waals surface area contributed by atoms with Crippen LogP contribution in [-0.2, 0) is 32.2 Å². The Bertz CT molecular complexity index is 939. The standard InChI is InChI=1S/C18H22N4O4S/c19-15-9(5-11-7-25-11)1-3-13(17(15)21)27(23,24)14-4-2-10(6-12-8-26-12)16(20)18(14)22/h1-4,11-12H,5-8,19-22H2. The molecular formula is C18H22N4O4S. The SMILES string of the molecule is Nc1c(CC2CO2)ccc(S(=O)(=O)c2ccc(CC3CO3)c(N)c2N)c1N. The Morgan fingerprint density at radius 3 is 1.44 bits per heavy atom. The topological polar surface area (TPSA) is 163 Å². The van der Waals surface area contributed by atoms with Gasteiger partial charge in [0, 0.05) is 12.8 Å². The van der Waals surface area contributed by atoms with E-state index in [4.69, 9.17) is 32.4 Å². The van der Waals surface area contributed by atoms with E-state index in [0.717, 1.165) is 11.1 Å². The summed E-state index contributed by atoms with van der Waals surface area (Å²) in [5.41, 5.74) is 26.3. The molecule has 2 heterocycles. The van der Waals surface area contributed by atoms with Gasteiger partial charge in [0.25, 0.3) is 0 Å². The molecule has 144 valence electrons. The number of rotatable bonds is 6. The van der Waals surface area contributed by atoms with E-state index >= 15 is 0 Å². The second-order valence-electron chi connectivity index (χ2n) is 6.92. The first-order valence-corrected chi connectivity index (χ1v) is 10.1. The Kier molecular flexibility index (Phi) is 4.17. The molecule has 2 unspecified atom stereocenters. The van der Waals surface area contributed by atoms with E-state index in [1.807, 2.05) is 0 Å². The lowest BCUT2D eigenvalue weighted by Crippen LogP contribution is -2.13. The number of benzene rings is 2. The van der Waals surface area contributed by atoms with Crippen molar-refractivity contribution < 1.29 is 17.9 Å². The van der Waals surface area contributed by atoms with Gasteiger partial charge >= 0.3 is 0 Å². The molecule has 2 aromatic rings. The largest absolute Gasteiger partial charge is 0.397 e. The van der Waals surface area contributed by atoms with Gasteiger partial charge in [0.1, 0.15) is 0 Å². The maximum absolute atomic E-state index is 13.2. The maximum atomic E-state index is 13.2. The van der Waals surface area contributed by atoms with Gasteiger partial charge < -0.3 is 32.4 Å². The number of epoxide rings is 2. The molecule has 2 aliphatic heterocycles. The Morgan fingerprint density at radius 2 is 1.11 bits per heavy atom. The fraction of sp³-hybridized carbons (Fsp3) is 0.333. The van der Waals surface area contributed by atoms with Gasteiger partial charge in [-0.1, -0.05) is 12.1 Å². The number of hydrogen-bond donors (Lipinski definition) is 4. The van der Waals surface area contributed by atoms with Gasteiger partial charge in [0.15, 0.2) is 0 Å². The van der Waals surface area contributed by atoms with Crippen LogP contribution in [0.2, 0.25) is 0 Å². The zero-order valence-corrected chi connectivity index (χ0v) is 15.5. The molecule has 0 radical (unpaired) electrons. The molecule has 0 aromatic heterocycles. The Balaban J connectivity index is 1.72. The molecule has 2 aliphatic rings. The molecule has 8 nitrogen and oxygen atoms in total. The third-order valence-electron chi connectivity index (χ3n) is 4.95. The van der Waals surface area contributed by atoms with E-state index in [-0.39, 0.29) is 44.7 Å². The van der Waals surface area contributed by atoms with Gasteiger partial charge in [0.2, 0.25) is 9.84 Å². The molecule has 2 aromatic carbocycles. The van der Waals surface area contributed by atoms with Crippen LogP contribution >= 0.6 is 0 Å². The first kappa shape index (κ1) is 17.9. The van der Waals surface area contributed by atoms with Gasteiger partial charge in [-0.05, 0) is 23.3 Å². The summed E-state index contributed by atoms with van der Waals surface area (Å²) in [6, 6.07) is 6.25. The van der Waals surface area contributed by atoms with Crippen LogP contribution in [0, 0.1) is 0 Å². The Hall–Kier alpha value is -2.49. The number of nitrogen functional groups attached to an aromatic ring is 4. The second-order valence-corrected chi connectivity index (χ2v) is 8.81. The van der Waals surface area contributed by atoms with Crippen molar-refractivity contribution in [2.75, 3.05) is 36.1 Å². The average molecular weight is 390 g/mol. The highest BCUT2D eigenvalue weighted by atomic mass is 32.2. The minimum absolute atomic E-state index is 0.0154. The smallest absolute Gasteiger partial charge is 0.210 e. The minimum Gasteiger partial charge on any atom is -0.397 e. The van der Waals surface area contributed by atoms with Crippen LogP contribution < -0.4 is 22.9 Å². The van der Waals surface area contributed by atoms with Crippen molar-refractivity contribution in [3.05, 3.63) is 35.4 Å². The highest BCUT2D eigenvalue weighted by Gasteiger charge is 2.30. The molecule has 9 heteroatoms. The van der Waals surface area contributed by atoms with E-state index in [9.17, 15) is 8.42 Å². The number of nitrogens with two attached hydrogens (primary N) is 4. The van der Waals surface area contributed by atoms with Gasteiger partial charge in [-0.15, -0.1) is 0 Å². The molecule has 0 spiro atoms. The zero-order chi connectivity index (χ0) is 19.3. The van der Waals surface area contributed by atoms with Crippen molar-refractivity contribution >= 4 is 32.6 Å². The number of anilines is 4. The molecule has 2 fully saturated rings. The lowest BCUT2D eigenvalue weighted by Gasteiger charge is -2.16. The van der Waals surface area contributed by atoms with E-state index in [0.29, 0.717) is 26.1 Å². The fourth-order valence-corrected chi connectivity index (χ4v) is 4.66. The Morgan fingerprint density at radius 1 is 0.741 bits per heavy atom. The third-order valence-corrected chi connectivity index (χ3v) is 6.82. The van der Waals surface area contributed by atoms with Crippen molar-refractivity contribution in [1.82, 2.24) is 0 Å². The summed E-state index contributed by atoms with van der Waals surface area (Å²) in [6.45, 7) is 1.35. The second kappa shape index (κ2) is 6.29. The Labute approximate surface area is 157 Å². The highest BCUT2D eigenvalue weighted by Crippen LogP contribution is 2.38. The van der Waals surface area contributed by atoms with Gasteiger partial charge in [0.05, 0.1) is 58.0 Å². The zero-order valence-electron chi connectivity index (χ0n) is 14.6. The number of ether oxygens (including phenoxy) is 2. The van der Waals surface area contributed by atoms with Crippen LogP contribution in [0.4, 0.5) is 22.7 Å². The molecular weight excluding hydrogens is 368 g/mol. The van der Waals surface area contributed by atoms with Crippen LogP contribution in [0.25, 0.3) is 0 Å². The van der Waals surface area contributed by atoms with Gasteiger partial charge in [-0.25, -0.2) is 8.42 Å². The van der Waals surface area contributed by atoms with Crippen LogP contribution in [0.3, 0.4) is 0 Å². The summed E-state index contributed by atoms with van der Waals surface area (Å²) in [6.07, 6.45) is 1.44. The molecule has 0 saturated carbocycles. The highest BCUT2D eigenvalue weighted by molar-refractivity contribution is 7.91. The normalized spacial score (nSPS) is 21.2. The maximum Gasteiger partial charge on any atom is 0.210 e. The van der Waals surface area contributed by atoms with Gasteiger partial charge in [-0.3, -0.25) is 0 Å². The van der Waals surface area contributed by atoms with Gasteiger partial charge in [-0.2, -0.15) is 0 Å². The molecule has 0 aliphatic carbocycles. The third kappa shape index (κ3) is 3.29. The van der Waals surface area contributed by atoms with Crippen LogP contribution in [0.15, 0.2) is 34.1 Å². The average Bonchev–Trinajstić information content (AvgIpc) is 3.52. The molecule has 27 heavy (non-hydrogen) atoms. The fourth-order valence-electron chi connectivity index (χ4n) is 3.13. The van der Waals surface area contributed by atoms with Crippen molar-refractivity contribution in [1.29, 1.82) is 0 Å². The molecule has 0 bridgehead atoms. The van der Waals surface area contributed by atoms with Crippen molar-refractivity contribution in [3.8, 4) is 0 Å². The monoisotopic (exact) mass is 390 g/mol. The summed E-state index contributed by atoms with van der Waals surface area (Å²) in [7, 11) is -3.98. The molecule has 8 N–H and O–H groups in total. The van der Waals surface area contributed by atoms with Crippen molar-refractivity contribution in [3.63, 3.8) is 0 Å². The van der Waals surface area contributed by atoms with Crippen molar-refractivity contribution in [2.45, 2.75) is 34.8 Å². The first-order valence-electron chi connectivity index (χ1n) is 8.61. The summed E-state index contributed by atoms with van der Waals surface area (Å²) >= 11 is 0. The molecule has 0 amide bonds. The quantitative estimate of drug-likeness (QED) is 0.414. The molecule has 2 saturated heterocycles. The predicted molar refractivity (Wildman–Crippen MR) is 103 cm³/mol. The van der Waals surface area contributed by atoms with E-state index < -0.39 is 9.84 Å². The molecule has 2 atom stereocenters. The summed E-state index contributed by atoms with van der Waals surface area (Å²) < 4.78 is 36.7.